The van der Waals surface area contributed by atoms with Gasteiger partial charge < -0.3 is 19.4 Å². The summed E-state index contributed by atoms with van der Waals surface area (Å²) in [6.45, 7) is 6.32. The van der Waals surface area contributed by atoms with Crippen LogP contribution in [0.25, 0.3) is 57.0 Å². The van der Waals surface area contributed by atoms with Crippen molar-refractivity contribution >= 4 is 62.7 Å². The van der Waals surface area contributed by atoms with Gasteiger partial charge in [0.1, 0.15) is 6.17 Å². The third-order valence-electron chi connectivity index (χ3n) is 9.38. The minimum atomic E-state index is -0.0595. The molecule has 0 aliphatic carbocycles. The molecular weight excluding hydrogens is 560 g/mol. The summed E-state index contributed by atoms with van der Waals surface area (Å²) in [4.78, 5) is 2.46. The van der Waals surface area contributed by atoms with Gasteiger partial charge in [0.2, 0.25) is 0 Å². The van der Waals surface area contributed by atoms with Crippen LogP contribution in [0, 0.1) is 0 Å². The lowest BCUT2D eigenvalue weighted by molar-refractivity contribution is 0.924. The number of allylic oxidation sites excluding steroid dienone is 1. The van der Waals surface area contributed by atoms with Gasteiger partial charge in [-0.3, -0.25) is 0 Å². The van der Waals surface area contributed by atoms with Gasteiger partial charge in [-0.05, 0) is 73.7 Å². The largest absolute Gasteiger partial charge is 0.359 e. The van der Waals surface area contributed by atoms with E-state index in [2.05, 4.69) is 178 Å². The monoisotopic (exact) mass is 592 g/mol. The Morgan fingerprint density at radius 2 is 1.35 bits per heavy atom. The van der Waals surface area contributed by atoms with Crippen molar-refractivity contribution in [2.24, 2.45) is 0 Å². The van der Waals surface area contributed by atoms with Crippen LogP contribution in [0.1, 0.15) is 29.4 Å². The Balaban J connectivity index is 1.26. The van der Waals surface area contributed by atoms with Crippen LogP contribution < -0.4 is 10.2 Å². The highest BCUT2D eigenvalue weighted by Gasteiger charge is 2.39. The number of rotatable bonds is 5. The van der Waals surface area contributed by atoms with E-state index in [0.29, 0.717) is 0 Å². The van der Waals surface area contributed by atoms with Crippen molar-refractivity contribution in [3.05, 3.63) is 163 Å². The zero-order chi connectivity index (χ0) is 30.8. The topological polar surface area (TPSA) is 25.1 Å². The van der Waals surface area contributed by atoms with Crippen LogP contribution in [-0.4, -0.2) is 15.3 Å². The van der Waals surface area contributed by atoms with E-state index in [1.54, 1.807) is 0 Å². The van der Waals surface area contributed by atoms with Crippen LogP contribution in [0.5, 0.6) is 0 Å². The minimum absolute atomic E-state index is 0.0595. The van der Waals surface area contributed by atoms with E-state index in [4.69, 9.17) is 0 Å². The maximum atomic E-state index is 4.26. The van der Waals surface area contributed by atoms with Gasteiger partial charge in [0.05, 0.1) is 33.8 Å². The van der Waals surface area contributed by atoms with Crippen molar-refractivity contribution in [1.29, 1.82) is 0 Å². The lowest BCUT2D eigenvalue weighted by atomic mass is 10.0. The van der Waals surface area contributed by atoms with Crippen LogP contribution in [0.4, 0.5) is 17.1 Å². The van der Waals surface area contributed by atoms with E-state index in [1.165, 1.54) is 38.8 Å². The first kappa shape index (κ1) is 26.4. The number of hydrogen-bond donors (Lipinski definition) is 1. The van der Waals surface area contributed by atoms with Crippen molar-refractivity contribution in [2.45, 2.75) is 13.1 Å². The molecular formula is C42H32N4. The van der Waals surface area contributed by atoms with Gasteiger partial charge in [0.25, 0.3) is 0 Å². The molecule has 0 radical (unpaired) electrons. The van der Waals surface area contributed by atoms with Gasteiger partial charge in [0, 0.05) is 44.5 Å². The van der Waals surface area contributed by atoms with Gasteiger partial charge in [-0.15, -0.1) is 0 Å². The molecule has 7 aromatic rings. The Kier molecular flexibility index (Phi) is 5.90. The van der Waals surface area contributed by atoms with E-state index in [1.807, 2.05) is 6.08 Å². The SMILES string of the molecule is C=Cc1c(/C=C\C)n(-c2ccccc2)c2ccc(N3c4ccccc4C4=Cc5c(c6ccccc6n5-c5ccccc5)NC43)cc12. The summed E-state index contributed by atoms with van der Waals surface area (Å²) in [5.41, 5.74) is 14.1. The second kappa shape index (κ2) is 10.3. The van der Waals surface area contributed by atoms with Crippen molar-refractivity contribution in [3.63, 3.8) is 0 Å². The van der Waals surface area contributed by atoms with Gasteiger partial charge in [-0.2, -0.15) is 0 Å². The van der Waals surface area contributed by atoms with Crippen LogP contribution in [-0.2, 0) is 0 Å². The average Bonchev–Trinajstić information content (AvgIpc) is 3.72. The van der Waals surface area contributed by atoms with Crippen molar-refractivity contribution < 1.29 is 0 Å². The molecule has 0 saturated carbocycles. The second-order valence-corrected chi connectivity index (χ2v) is 11.9. The van der Waals surface area contributed by atoms with Gasteiger partial charge in [-0.25, -0.2) is 0 Å². The number of benzene rings is 5. The Labute approximate surface area is 268 Å². The highest BCUT2D eigenvalue weighted by atomic mass is 15.3. The van der Waals surface area contributed by atoms with E-state index in [-0.39, 0.29) is 6.17 Å². The minimum Gasteiger partial charge on any atom is -0.359 e. The highest BCUT2D eigenvalue weighted by Crippen LogP contribution is 2.51. The Hall–Kier alpha value is -6.00. The fourth-order valence-corrected chi connectivity index (χ4v) is 7.49. The first-order chi connectivity index (χ1) is 22.8. The standard InChI is InChI=1S/C42H32N4/c1-3-15-36-31(4-2)34-26-30(24-25-39(34)44(36)28-16-7-5-8-17-28)46-37-22-13-11-20-32(37)35-27-40-41(43-42(35)46)33-21-12-14-23-38(33)45(40)29-18-9-6-10-19-29/h3-27,42-43H,2H2,1H3/b15-3-. The molecule has 0 fully saturated rings. The third-order valence-corrected chi connectivity index (χ3v) is 9.38. The molecule has 220 valence electrons. The third kappa shape index (κ3) is 3.74. The fourth-order valence-electron chi connectivity index (χ4n) is 7.49. The summed E-state index contributed by atoms with van der Waals surface area (Å²) in [6.07, 6.45) is 8.61. The molecule has 1 unspecified atom stereocenters. The molecule has 2 aliphatic heterocycles. The first-order valence-electron chi connectivity index (χ1n) is 15.8. The predicted molar refractivity (Wildman–Crippen MR) is 195 cm³/mol. The van der Waals surface area contributed by atoms with E-state index >= 15 is 0 Å². The summed E-state index contributed by atoms with van der Waals surface area (Å²) >= 11 is 0. The molecule has 9 rings (SSSR count). The molecule has 4 heteroatoms. The number of anilines is 3. The molecule has 4 nitrogen and oxygen atoms in total. The maximum Gasteiger partial charge on any atom is 0.131 e. The van der Waals surface area contributed by atoms with E-state index < -0.39 is 0 Å². The summed E-state index contributed by atoms with van der Waals surface area (Å²) in [5, 5.41) is 6.42. The Morgan fingerprint density at radius 3 is 2.11 bits per heavy atom. The number of nitrogens with zero attached hydrogens (tertiary/aromatic N) is 3. The van der Waals surface area contributed by atoms with Crippen molar-refractivity contribution in [2.75, 3.05) is 10.2 Å². The summed E-state index contributed by atoms with van der Waals surface area (Å²) in [6, 6.07) is 45.6. The lowest BCUT2D eigenvalue weighted by Gasteiger charge is -2.32. The first-order valence-corrected chi connectivity index (χ1v) is 15.8. The van der Waals surface area contributed by atoms with Crippen LogP contribution >= 0.6 is 0 Å². The fraction of sp³-hybridized carbons (Fsp3) is 0.0476. The maximum absolute atomic E-state index is 4.26. The molecule has 2 aliphatic rings. The lowest BCUT2D eigenvalue weighted by Crippen LogP contribution is -2.35. The number of fused-ring (bicyclic) bond motifs is 7. The predicted octanol–water partition coefficient (Wildman–Crippen LogP) is 10.7. The summed E-state index contributed by atoms with van der Waals surface area (Å²) in [7, 11) is 0. The normalized spacial score (nSPS) is 15.1. The Bertz CT molecular complexity index is 2370. The number of nitrogens with one attached hydrogen (secondary N) is 1. The molecule has 0 spiro atoms. The molecule has 46 heavy (non-hydrogen) atoms. The summed E-state index contributed by atoms with van der Waals surface area (Å²) in [5.74, 6) is 0. The van der Waals surface area contributed by atoms with Crippen molar-refractivity contribution in [3.8, 4) is 11.4 Å². The second-order valence-electron chi connectivity index (χ2n) is 11.9. The van der Waals surface area contributed by atoms with Crippen molar-refractivity contribution in [1.82, 2.24) is 9.13 Å². The number of hydrogen-bond acceptors (Lipinski definition) is 2. The molecule has 0 amide bonds. The van der Waals surface area contributed by atoms with E-state index in [0.717, 1.165) is 39.5 Å². The molecule has 5 aromatic carbocycles. The smallest absolute Gasteiger partial charge is 0.131 e. The van der Waals surface area contributed by atoms with Crippen LogP contribution in [0.3, 0.4) is 0 Å². The van der Waals surface area contributed by atoms with E-state index in [9.17, 15) is 0 Å². The zero-order valence-electron chi connectivity index (χ0n) is 25.6. The molecule has 1 N–H and O–H groups in total. The van der Waals surface area contributed by atoms with Gasteiger partial charge in [-0.1, -0.05) is 91.5 Å². The molecule has 4 heterocycles. The van der Waals surface area contributed by atoms with Crippen LogP contribution in [0.2, 0.25) is 0 Å². The zero-order valence-corrected chi connectivity index (χ0v) is 25.6. The number of para-hydroxylation sites is 4. The average molecular weight is 593 g/mol. The molecule has 0 bridgehead atoms. The molecule has 1 atom stereocenters. The van der Waals surface area contributed by atoms with Gasteiger partial charge in [0.15, 0.2) is 0 Å². The summed E-state index contributed by atoms with van der Waals surface area (Å²) < 4.78 is 4.71. The molecule has 2 aromatic heterocycles. The quantitative estimate of drug-likeness (QED) is 0.215. The van der Waals surface area contributed by atoms with Crippen LogP contribution in [0.15, 0.2) is 140 Å². The highest BCUT2D eigenvalue weighted by molar-refractivity contribution is 6.10. The Morgan fingerprint density at radius 1 is 0.674 bits per heavy atom. The number of aromatic nitrogens is 2. The molecule has 0 saturated heterocycles. The van der Waals surface area contributed by atoms with Gasteiger partial charge >= 0.3 is 0 Å².